The van der Waals surface area contributed by atoms with Crippen LogP contribution in [0.2, 0.25) is 0 Å². The lowest BCUT2D eigenvalue weighted by molar-refractivity contribution is -0.384. The lowest BCUT2D eigenvalue weighted by Crippen LogP contribution is -2.52. The van der Waals surface area contributed by atoms with Gasteiger partial charge in [0, 0.05) is 6.07 Å². The largest absolute Gasteiger partial charge is 0.477 e. The second kappa shape index (κ2) is 4.91. The summed E-state index contributed by atoms with van der Waals surface area (Å²) in [6, 6.07) is 1.96. The van der Waals surface area contributed by atoms with E-state index >= 15 is 0 Å². The molecule has 2 heterocycles. The van der Waals surface area contributed by atoms with Gasteiger partial charge in [-0.2, -0.15) is 0 Å². The number of carboxylic acids is 1. The van der Waals surface area contributed by atoms with E-state index in [9.17, 15) is 24.5 Å². The third-order valence-corrected chi connectivity index (χ3v) is 2.52. The first kappa shape index (κ1) is 13.4. The number of hydrogen-bond donors (Lipinski definition) is 2. The lowest BCUT2D eigenvalue weighted by Gasteiger charge is -2.26. The summed E-state index contributed by atoms with van der Waals surface area (Å²) in [7, 11) is 0. The smallest absolute Gasteiger partial charge is 0.354 e. The highest BCUT2D eigenvalue weighted by atomic mass is 16.6. The molecule has 2 rings (SSSR count). The molecule has 2 N–H and O–H groups in total. The molecule has 0 atom stereocenters. The Kier molecular flexibility index (Phi) is 3.29. The molecule has 10 nitrogen and oxygen atoms in total. The molecule has 20 heavy (non-hydrogen) atoms. The Balaban J connectivity index is 2.49. The summed E-state index contributed by atoms with van der Waals surface area (Å²) in [5.74, 6) is -2.97. The molecule has 1 aliphatic heterocycles. The number of carbonyl (C=O) groups is 3. The summed E-state index contributed by atoms with van der Waals surface area (Å²) < 4.78 is 0. The number of rotatable bonds is 3. The number of amides is 2. The van der Waals surface area contributed by atoms with Crippen molar-refractivity contribution in [2.75, 3.05) is 18.0 Å². The topological polar surface area (TPSA) is 143 Å². The number of carbonyl (C=O) groups excluding carboxylic acids is 2. The van der Waals surface area contributed by atoms with E-state index in [1.165, 1.54) is 0 Å². The van der Waals surface area contributed by atoms with Crippen molar-refractivity contribution >= 4 is 29.3 Å². The van der Waals surface area contributed by atoms with Crippen LogP contribution in [0.1, 0.15) is 10.5 Å². The Labute approximate surface area is 111 Å². The van der Waals surface area contributed by atoms with Gasteiger partial charge in [0.1, 0.15) is 0 Å². The number of aromatic carboxylic acids is 1. The summed E-state index contributed by atoms with van der Waals surface area (Å²) in [5, 5.41) is 21.8. The van der Waals surface area contributed by atoms with Crippen molar-refractivity contribution < 1.29 is 24.4 Å². The molecule has 2 amide bonds. The van der Waals surface area contributed by atoms with Gasteiger partial charge >= 0.3 is 11.7 Å². The Morgan fingerprint density at radius 3 is 2.45 bits per heavy atom. The Morgan fingerprint density at radius 1 is 1.35 bits per heavy atom. The maximum Gasteiger partial charge on any atom is 0.354 e. The van der Waals surface area contributed by atoms with Crippen molar-refractivity contribution in [1.29, 1.82) is 0 Å². The summed E-state index contributed by atoms with van der Waals surface area (Å²) in [6.45, 7) is -0.634. The van der Waals surface area contributed by atoms with E-state index in [1.54, 1.807) is 0 Å². The number of imide groups is 1. The van der Waals surface area contributed by atoms with Crippen LogP contribution in [0.25, 0.3) is 0 Å². The molecular formula is C10H8N4O6. The summed E-state index contributed by atoms with van der Waals surface area (Å²) >= 11 is 0. The van der Waals surface area contributed by atoms with Crippen molar-refractivity contribution in [3.63, 3.8) is 0 Å². The van der Waals surface area contributed by atoms with Crippen LogP contribution in [0.3, 0.4) is 0 Å². The third-order valence-electron chi connectivity index (χ3n) is 2.52. The first-order valence-electron chi connectivity index (χ1n) is 5.35. The number of hydrogen-bond acceptors (Lipinski definition) is 7. The van der Waals surface area contributed by atoms with Gasteiger partial charge in [-0.15, -0.1) is 0 Å². The zero-order valence-corrected chi connectivity index (χ0v) is 9.90. The number of piperazine rings is 1. The van der Waals surface area contributed by atoms with Gasteiger partial charge in [-0.05, 0) is 6.07 Å². The molecule has 1 aromatic rings. The van der Waals surface area contributed by atoms with E-state index in [2.05, 4.69) is 4.98 Å². The van der Waals surface area contributed by atoms with Gasteiger partial charge in [0.25, 0.3) is 0 Å². The lowest BCUT2D eigenvalue weighted by atomic mass is 10.2. The fourth-order valence-corrected chi connectivity index (χ4v) is 1.72. The minimum atomic E-state index is -1.37. The highest BCUT2D eigenvalue weighted by Crippen LogP contribution is 2.26. The Morgan fingerprint density at radius 2 is 1.95 bits per heavy atom. The molecule has 0 radical (unpaired) electrons. The van der Waals surface area contributed by atoms with E-state index in [0.29, 0.717) is 0 Å². The van der Waals surface area contributed by atoms with Gasteiger partial charge in [-0.3, -0.25) is 25.0 Å². The zero-order chi connectivity index (χ0) is 14.9. The van der Waals surface area contributed by atoms with E-state index in [0.717, 1.165) is 17.0 Å². The molecule has 0 unspecified atom stereocenters. The standard InChI is InChI=1S/C10H8N4O6/c15-7-3-13(4-8(16)12-7)9-6(14(19)20)2-1-5(11-9)10(17)18/h1-2H,3-4H2,(H,17,18)(H,12,15,16). The third kappa shape index (κ3) is 2.53. The van der Waals surface area contributed by atoms with Crippen molar-refractivity contribution in [1.82, 2.24) is 10.3 Å². The summed E-state index contributed by atoms with van der Waals surface area (Å²) in [6.07, 6.45) is 0. The quantitative estimate of drug-likeness (QED) is 0.414. The summed E-state index contributed by atoms with van der Waals surface area (Å²) in [4.78, 5) is 48.2. The molecule has 1 aliphatic rings. The van der Waals surface area contributed by atoms with Crippen molar-refractivity contribution in [3.05, 3.63) is 27.9 Å². The van der Waals surface area contributed by atoms with Gasteiger partial charge in [0.05, 0.1) is 18.0 Å². The monoisotopic (exact) mass is 280 g/mol. The highest BCUT2D eigenvalue weighted by molar-refractivity contribution is 6.03. The minimum absolute atomic E-state index is 0.317. The molecule has 0 spiro atoms. The average molecular weight is 280 g/mol. The number of aromatic nitrogens is 1. The predicted octanol–water partition coefficient (Wildman–Crippen LogP) is -0.849. The van der Waals surface area contributed by atoms with Crippen LogP contribution in [-0.4, -0.2) is 45.9 Å². The first-order valence-corrected chi connectivity index (χ1v) is 5.35. The number of nitrogens with zero attached hydrogens (tertiary/aromatic N) is 3. The normalized spacial score (nSPS) is 14.9. The van der Waals surface area contributed by atoms with Crippen LogP contribution in [-0.2, 0) is 9.59 Å². The number of pyridine rings is 1. The van der Waals surface area contributed by atoms with Crippen LogP contribution in [0.15, 0.2) is 12.1 Å². The molecule has 1 saturated heterocycles. The molecular weight excluding hydrogens is 272 g/mol. The van der Waals surface area contributed by atoms with E-state index < -0.39 is 34.1 Å². The molecule has 0 aliphatic carbocycles. The molecule has 104 valence electrons. The molecule has 0 aromatic carbocycles. The molecule has 10 heteroatoms. The number of carboxylic acid groups (broad SMARTS) is 1. The second-order valence-electron chi connectivity index (χ2n) is 3.93. The minimum Gasteiger partial charge on any atom is -0.477 e. The second-order valence-corrected chi connectivity index (χ2v) is 3.93. The van der Waals surface area contributed by atoms with Crippen LogP contribution in [0.5, 0.6) is 0 Å². The molecule has 1 aromatic heterocycles. The molecule has 0 bridgehead atoms. The number of nitro groups is 1. The van der Waals surface area contributed by atoms with E-state index in [-0.39, 0.29) is 18.9 Å². The van der Waals surface area contributed by atoms with Crippen LogP contribution in [0.4, 0.5) is 11.5 Å². The van der Waals surface area contributed by atoms with Crippen molar-refractivity contribution in [2.24, 2.45) is 0 Å². The first-order chi connectivity index (χ1) is 9.38. The molecule has 1 fully saturated rings. The SMILES string of the molecule is O=C1CN(c2nc(C(=O)O)ccc2[N+](=O)[O-])CC(=O)N1. The van der Waals surface area contributed by atoms with E-state index in [1.807, 2.05) is 5.32 Å². The number of anilines is 1. The van der Waals surface area contributed by atoms with Gasteiger partial charge in [0.15, 0.2) is 5.69 Å². The maximum atomic E-state index is 11.3. The maximum absolute atomic E-state index is 11.3. The predicted molar refractivity (Wildman–Crippen MR) is 63.2 cm³/mol. The molecule has 0 saturated carbocycles. The van der Waals surface area contributed by atoms with Gasteiger partial charge < -0.3 is 10.0 Å². The zero-order valence-electron chi connectivity index (χ0n) is 9.90. The average Bonchev–Trinajstić information content (AvgIpc) is 2.36. The van der Waals surface area contributed by atoms with Crippen LogP contribution in [0, 0.1) is 10.1 Å². The van der Waals surface area contributed by atoms with Crippen LogP contribution < -0.4 is 10.2 Å². The van der Waals surface area contributed by atoms with Gasteiger partial charge in [-0.1, -0.05) is 0 Å². The highest BCUT2D eigenvalue weighted by Gasteiger charge is 2.30. The number of nitrogens with one attached hydrogen (secondary N) is 1. The Bertz CT molecular complexity index is 612. The van der Waals surface area contributed by atoms with Gasteiger partial charge in [0.2, 0.25) is 17.6 Å². The fourth-order valence-electron chi connectivity index (χ4n) is 1.72. The van der Waals surface area contributed by atoms with Crippen molar-refractivity contribution in [2.45, 2.75) is 0 Å². The van der Waals surface area contributed by atoms with Crippen molar-refractivity contribution in [3.8, 4) is 0 Å². The fraction of sp³-hybridized carbons (Fsp3) is 0.200. The van der Waals surface area contributed by atoms with Gasteiger partial charge in [-0.25, -0.2) is 9.78 Å². The van der Waals surface area contributed by atoms with E-state index in [4.69, 9.17) is 5.11 Å². The summed E-state index contributed by atoms with van der Waals surface area (Å²) in [5.41, 5.74) is -0.887. The van der Waals surface area contributed by atoms with Crippen LogP contribution >= 0.6 is 0 Å². The Hall–Kier alpha value is -3.04.